The highest BCUT2D eigenvalue weighted by Crippen LogP contribution is 2.07. The maximum absolute atomic E-state index is 13.0. The summed E-state index contributed by atoms with van der Waals surface area (Å²) in [5, 5.41) is 0. The van der Waals surface area contributed by atoms with Crippen LogP contribution in [0.4, 0.5) is 4.39 Å². The Morgan fingerprint density at radius 2 is 1.64 bits per heavy atom. The summed E-state index contributed by atoms with van der Waals surface area (Å²) in [5.41, 5.74) is 0.760. The zero-order valence-corrected chi connectivity index (χ0v) is 15.5. The van der Waals surface area contributed by atoms with E-state index in [0.717, 1.165) is 25.2 Å². The van der Waals surface area contributed by atoms with Crippen LogP contribution in [0, 0.1) is 5.82 Å². The average molecular weight is 352 g/mol. The van der Waals surface area contributed by atoms with Crippen molar-refractivity contribution in [3.05, 3.63) is 35.6 Å². The van der Waals surface area contributed by atoms with E-state index in [1.54, 1.807) is 24.0 Å². The van der Waals surface area contributed by atoms with Gasteiger partial charge in [-0.3, -0.25) is 9.59 Å². The highest BCUT2D eigenvalue weighted by atomic mass is 19.1. The number of rotatable bonds is 11. The number of ether oxygens (including phenoxy) is 1. The number of carbonyl (C=O) groups excluding carboxylic acids is 2. The fourth-order valence-corrected chi connectivity index (χ4v) is 2.51. The van der Waals surface area contributed by atoms with Gasteiger partial charge in [-0.25, -0.2) is 4.39 Å². The second-order valence-corrected chi connectivity index (χ2v) is 5.77. The molecule has 5 nitrogen and oxygen atoms in total. The molecule has 0 aromatic heterocycles. The maximum atomic E-state index is 13.0. The summed E-state index contributed by atoms with van der Waals surface area (Å²) < 4.78 is 17.9. The molecule has 0 spiro atoms. The van der Waals surface area contributed by atoms with Crippen LogP contribution in [0.15, 0.2) is 24.3 Å². The molecule has 1 aromatic rings. The predicted molar refractivity (Wildman–Crippen MR) is 95.7 cm³/mol. The van der Waals surface area contributed by atoms with Crippen molar-refractivity contribution in [3.63, 3.8) is 0 Å². The Balaban J connectivity index is 2.67. The summed E-state index contributed by atoms with van der Waals surface area (Å²) in [6.07, 6.45) is 0.378. The molecule has 0 bridgehead atoms. The van der Waals surface area contributed by atoms with Crippen LogP contribution >= 0.6 is 0 Å². The monoisotopic (exact) mass is 352 g/mol. The van der Waals surface area contributed by atoms with Crippen molar-refractivity contribution in [1.29, 1.82) is 0 Å². The van der Waals surface area contributed by atoms with E-state index < -0.39 is 0 Å². The van der Waals surface area contributed by atoms with Crippen LogP contribution in [0.2, 0.25) is 0 Å². The molecule has 0 fully saturated rings. The molecule has 25 heavy (non-hydrogen) atoms. The zero-order chi connectivity index (χ0) is 18.7. The third-order valence-electron chi connectivity index (χ3n) is 4.09. The van der Waals surface area contributed by atoms with E-state index in [2.05, 4.69) is 18.7 Å². The van der Waals surface area contributed by atoms with Crippen LogP contribution < -0.4 is 0 Å². The van der Waals surface area contributed by atoms with E-state index in [1.807, 2.05) is 0 Å². The minimum absolute atomic E-state index is 0.0666. The average Bonchev–Trinajstić information content (AvgIpc) is 2.60. The van der Waals surface area contributed by atoms with Crippen molar-refractivity contribution in [1.82, 2.24) is 9.80 Å². The van der Waals surface area contributed by atoms with Crippen LogP contribution in [0.5, 0.6) is 0 Å². The van der Waals surface area contributed by atoms with E-state index in [9.17, 15) is 14.0 Å². The predicted octanol–water partition coefficient (Wildman–Crippen LogP) is 2.49. The topological polar surface area (TPSA) is 49.9 Å². The number of hydrogen-bond donors (Lipinski definition) is 0. The summed E-state index contributed by atoms with van der Waals surface area (Å²) in [7, 11) is 0. The molecule has 0 aliphatic carbocycles. The van der Waals surface area contributed by atoms with Gasteiger partial charge in [-0.1, -0.05) is 26.0 Å². The van der Waals surface area contributed by atoms with Gasteiger partial charge in [0.05, 0.1) is 19.4 Å². The normalized spacial score (nSPS) is 10.8. The number of carbonyl (C=O) groups is 2. The van der Waals surface area contributed by atoms with Gasteiger partial charge < -0.3 is 14.5 Å². The van der Waals surface area contributed by atoms with Crippen molar-refractivity contribution in [3.8, 4) is 0 Å². The first-order valence-electron chi connectivity index (χ1n) is 8.90. The van der Waals surface area contributed by atoms with Crippen molar-refractivity contribution in [2.75, 3.05) is 39.3 Å². The Hall–Kier alpha value is -1.95. The van der Waals surface area contributed by atoms with Crippen LogP contribution in [0.1, 0.15) is 32.8 Å². The number of likely N-dealkylation sites (N-methyl/N-ethyl adjacent to an activating group) is 1. The molecule has 0 aliphatic rings. The first-order valence-corrected chi connectivity index (χ1v) is 8.90. The number of esters is 1. The van der Waals surface area contributed by atoms with Crippen molar-refractivity contribution < 1.29 is 18.7 Å². The van der Waals surface area contributed by atoms with Gasteiger partial charge in [0.25, 0.3) is 0 Å². The maximum Gasteiger partial charge on any atom is 0.307 e. The van der Waals surface area contributed by atoms with E-state index in [1.165, 1.54) is 12.1 Å². The Morgan fingerprint density at radius 1 is 1.00 bits per heavy atom. The lowest BCUT2D eigenvalue weighted by Crippen LogP contribution is -2.40. The van der Waals surface area contributed by atoms with Gasteiger partial charge in [-0.05, 0) is 37.7 Å². The smallest absolute Gasteiger partial charge is 0.307 e. The minimum Gasteiger partial charge on any atom is -0.466 e. The minimum atomic E-state index is -0.322. The second kappa shape index (κ2) is 11.6. The number of halogens is 1. The molecular formula is C19H29FN2O3. The Labute approximate surface area is 149 Å². The van der Waals surface area contributed by atoms with Crippen molar-refractivity contribution in [2.24, 2.45) is 0 Å². The molecule has 0 aliphatic heterocycles. The van der Waals surface area contributed by atoms with Crippen LogP contribution in [-0.2, 0) is 20.7 Å². The van der Waals surface area contributed by atoms with Crippen LogP contribution in [0.3, 0.4) is 0 Å². The molecule has 1 rings (SSSR count). The van der Waals surface area contributed by atoms with E-state index in [4.69, 9.17) is 4.74 Å². The summed E-state index contributed by atoms with van der Waals surface area (Å²) >= 11 is 0. The largest absolute Gasteiger partial charge is 0.466 e. The fourth-order valence-electron chi connectivity index (χ4n) is 2.51. The van der Waals surface area contributed by atoms with Gasteiger partial charge in [0.2, 0.25) is 5.91 Å². The molecule has 0 N–H and O–H groups in total. The molecule has 0 saturated carbocycles. The van der Waals surface area contributed by atoms with Gasteiger partial charge in [0, 0.05) is 19.6 Å². The number of nitrogens with zero attached hydrogens (tertiary/aromatic N) is 2. The first-order chi connectivity index (χ1) is 12.0. The zero-order valence-electron chi connectivity index (χ0n) is 15.5. The summed E-state index contributed by atoms with van der Waals surface area (Å²) in [6, 6.07) is 5.92. The molecule has 0 unspecified atom stereocenters. The number of benzene rings is 1. The van der Waals surface area contributed by atoms with Crippen LogP contribution in [0.25, 0.3) is 0 Å². The molecule has 0 radical (unpaired) electrons. The standard InChI is InChI=1S/C19H29FN2O3/c1-4-21(5-2)13-14-22(12-11-19(24)25-6-3)18(23)15-16-7-9-17(20)10-8-16/h7-10H,4-6,11-15H2,1-3H3. The van der Waals surface area contributed by atoms with E-state index in [-0.39, 0.29) is 30.5 Å². The molecule has 1 amide bonds. The fraction of sp³-hybridized carbons (Fsp3) is 0.579. The molecular weight excluding hydrogens is 323 g/mol. The Kier molecular flexibility index (Phi) is 9.77. The highest BCUT2D eigenvalue weighted by molar-refractivity contribution is 5.79. The lowest BCUT2D eigenvalue weighted by molar-refractivity contribution is -0.144. The SMILES string of the molecule is CCOC(=O)CCN(CCN(CC)CC)C(=O)Cc1ccc(F)cc1. The summed E-state index contributed by atoms with van der Waals surface area (Å²) in [6.45, 7) is 9.71. The van der Waals surface area contributed by atoms with Crippen LogP contribution in [-0.4, -0.2) is 61.0 Å². The molecule has 140 valence electrons. The third-order valence-corrected chi connectivity index (χ3v) is 4.09. The first kappa shape index (κ1) is 21.1. The van der Waals surface area contributed by atoms with Crippen molar-refractivity contribution in [2.45, 2.75) is 33.6 Å². The molecule has 0 saturated heterocycles. The Morgan fingerprint density at radius 3 is 2.20 bits per heavy atom. The molecule has 6 heteroatoms. The third kappa shape index (κ3) is 8.12. The number of hydrogen-bond acceptors (Lipinski definition) is 4. The lowest BCUT2D eigenvalue weighted by atomic mass is 10.1. The van der Waals surface area contributed by atoms with Crippen molar-refractivity contribution >= 4 is 11.9 Å². The molecule has 0 heterocycles. The number of amides is 1. The summed E-state index contributed by atoms with van der Waals surface area (Å²) in [4.78, 5) is 28.1. The molecule has 0 atom stereocenters. The molecule has 1 aromatic carbocycles. The Bertz CT molecular complexity index is 530. The lowest BCUT2D eigenvalue weighted by Gasteiger charge is -2.26. The van der Waals surface area contributed by atoms with Gasteiger partial charge in [0.1, 0.15) is 5.82 Å². The summed E-state index contributed by atoms with van der Waals surface area (Å²) in [5.74, 6) is -0.690. The van der Waals surface area contributed by atoms with E-state index in [0.29, 0.717) is 19.7 Å². The van der Waals surface area contributed by atoms with Gasteiger partial charge >= 0.3 is 5.97 Å². The van der Waals surface area contributed by atoms with E-state index >= 15 is 0 Å². The van der Waals surface area contributed by atoms with Gasteiger partial charge in [-0.15, -0.1) is 0 Å². The quantitative estimate of drug-likeness (QED) is 0.574. The highest BCUT2D eigenvalue weighted by Gasteiger charge is 2.17. The van der Waals surface area contributed by atoms with Gasteiger partial charge in [0.15, 0.2) is 0 Å². The van der Waals surface area contributed by atoms with Gasteiger partial charge in [-0.2, -0.15) is 0 Å². The second-order valence-electron chi connectivity index (χ2n) is 5.77.